The van der Waals surface area contributed by atoms with Crippen LogP contribution in [0.4, 0.5) is 0 Å². The summed E-state index contributed by atoms with van der Waals surface area (Å²) < 4.78 is 6.43. The van der Waals surface area contributed by atoms with E-state index in [4.69, 9.17) is 4.74 Å². The minimum Gasteiger partial charge on any atom is -0.487 e. The Morgan fingerprint density at radius 1 is 1.09 bits per heavy atom. The maximum atomic E-state index is 12.8. The van der Waals surface area contributed by atoms with Gasteiger partial charge in [-0.05, 0) is 81.7 Å². The zero-order valence-electron chi connectivity index (χ0n) is 13.7. The Balaban J connectivity index is 1.88. The van der Waals surface area contributed by atoms with Crippen LogP contribution in [0.1, 0.15) is 46.5 Å². The molecular formula is C19H20O3S. The number of carbonyl (C=O) groups excluding carboxylic acids is 2. The van der Waals surface area contributed by atoms with Crippen molar-refractivity contribution in [2.45, 2.75) is 52.1 Å². The van der Waals surface area contributed by atoms with Crippen LogP contribution in [0.2, 0.25) is 0 Å². The summed E-state index contributed by atoms with van der Waals surface area (Å²) in [5.41, 5.74) is 2.84. The Hall–Kier alpha value is -1.29. The van der Waals surface area contributed by atoms with Crippen molar-refractivity contribution in [2.24, 2.45) is 17.3 Å². The third-order valence-electron chi connectivity index (χ3n) is 6.49. The minimum absolute atomic E-state index is 0.0171. The lowest BCUT2D eigenvalue weighted by Crippen LogP contribution is -2.54. The van der Waals surface area contributed by atoms with Crippen LogP contribution in [0.5, 0.6) is 0 Å². The highest BCUT2D eigenvalue weighted by Gasteiger charge is 2.72. The molecule has 5 rings (SSSR count). The van der Waals surface area contributed by atoms with Gasteiger partial charge in [0.05, 0.1) is 5.76 Å². The first-order chi connectivity index (χ1) is 10.9. The number of ether oxygens (including phenoxy) is 1. The van der Waals surface area contributed by atoms with Crippen molar-refractivity contribution in [3.8, 4) is 0 Å². The molecular weight excluding hydrogens is 308 g/mol. The standard InChI is InChI=1S/C19H20O3S/c1-9-8-13-10(2)14-15(17(21)23-16(14)20)19(11-4-5-11,12-6-7-12)18(13,3)22-9/h8,11-12H,4-7H2,1-3H3. The van der Waals surface area contributed by atoms with E-state index in [1.165, 1.54) is 0 Å². The molecule has 3 aliphatic carbocycles. The number of allylic oxidation sites excluding steroid dienone is 2. The van der Waals surface area contributed by atoms with Crippen molar-refractivity contribution >= 4 is 22.0 Å². The van der Waals surface area contributed by atoms with E-state index in [0.717, 1.165) is 59.9 Å². The van der Waals surface area contributed by atoms with Gasteiger partial charge in [0, 0.05) is 22.1 Å². The highest BCUT2D eigenvalue weighted by Crippen LogP contribution is 2.73. The first-order valence-corrected chi connectivity index (χ1v) is 9.33. The summed E-state index contributed by atoms with van der Waals surface area (Å²) in [7, 11) is 0. The molecule has 0 spiro atoms. The van der Waals surface area contributed by atoms with Crippen molar-refractivity contribution < 1.29 is 14.3 Å². The van der Waals surface area contributed by atoms with Crippen LogP contribution in [0.3, 0.4) is 0 Å². The summed E-state index contributed by atoms with van der Waals surface area (Å²) in [6.45, 7) is 6.14. The second-order valence-electron chi connectivity index (χ2n) is 7.77. The van der Waals surface area contributed by atoms with Crippen LogP contribution >= 0.6 is 11.8 Å². The zero-order chi connectivity index (χ0) is 16.1. The maximum Gasteiger partial charge on any atom is 0.227 e. The molecule has 0 radical (unpaired) electrons. The molecule has 2 saturated carbocycles. The lowest BCUT2D eigenvalue weighted by Gasteiger charge is -2.51. The Kier molecular flexibility index (Phi) is 2.47. The molecule has 1 unspecified atom stereocenters. The minimum atomic E-state index is -0.483. The molecule has 0 N–H and O–H groups in total. The predicted molar refractivity (Wildman–Crippen MR) is 88.5 cm³/mol. The molecule has 2 aliphatic heterocycles. The van der Waals surface area contributed by atoms with Crippen LogP contribution in [0.15, 0.2) is 34.1 Å². The summed E-state index contributed by atoms with van der Waals surface area (Å²) in [5, 5.41) is -0.0720. The van der Waals surface area contributed by atoms with Gasteiger partial charge in [-0.25, -0.2) is 0 Å². The van der Waals surface area contributed by atoms with Gasteiger partial charge in [0.25, 0.3) is 0 Å². The first-order valence-electron chi connectivity index (χ1n) is 8.51. The largest absolute Gasteiger partial charge is 0.487 e. The normalized spacial score (nSPS) is 35.3. The summed E-state index contributed by atoms with van der Waals surface area (Å²) >= 11 is 0.898. The SMILES string of the molecule is CC1=CC2=C(C)C3=C(C(=O)SC3=O)C(C3CC3)(C3CC3)C2(C)O1. The first kappa shape index (κ1) is 14.1. The summed E-state index contributed by atoms with van der Waals surface area (Å²) in [6, 6.07) is 0. The van der Waals surface area contributed by atoms with Gasteiger partial charge in [0.2, 0.25) is 10.2 Å². The fraction of sp³-hybridized carbons (Fsp3) is 0.579. The van der Waals surface area contributed by atoms with E-state index in [9.17, 15) is 9.59 Å². The predicted octanol–water partition coefficient (Wildman–Crippen LogP) is 3.91. The molecule has 4 heteroatoms. The molecule has 5 aliphatic rings. The van der Waals surface area contributed by atoms with Crippen LogP contribution in [0, 0.1) is 17.3 Å². The molecule has 0 amide bonds. The fourth-order valence-corrected chi connectivity index (χ4v) is 6.50. The average Bonchev–Trinajstić information content (AvgIpc) is 3.36. The lowest BCUT2D eigenvalue weighted by molar-refractivity contribution is -0.113. The molecule has 0 bridgehead atoms. The van der Waals surface area contributed by atoms with Gasteiger partial charge in [-0.3, -0.25) is 9.59 Å². The summed E-state index contributed by atoms with van der Waals surface area (Å²) in [6.07, 6.45) is 6.67. The topological polar surface area (TPSA) is 43.4 Å². The Labute approximate surface area is 140 Å². The van der Waals surface area contributed by atoms with Crippen molar-refractivity contribution in [2.75, 3.05) is 0 Å². The van der Waals surface area contributed by atoms with E-state index in [2.05, 4.69) is 13.0 Å². The quantitative estimate of drug-likeness (QED) is 0.771. The molecule has 1 atom stereocenters. The van der Waals surface area contributed by atoms with Crippen LogP contribution in [0.25, 0.3) is 0 Å². The van der Waals surface area contributed by atoms with E-state index in [1.54, 1.807) is 0 Å². The van der Waals surface area contributed by atoms with Gasteiger partial charge in [-0.2, -0.15) is 0 Å². The van der Waals surface area contributed by atoms with Gasteiger partial charge in [0.15, 0.2) is 0 Å². The summed E-state index contributed by atoms with van der Waals surface area (Å²) in [5.74, 6) is 1.85. The molecule has 3 nitrogen and oxygen atoms in total. The summed E-state index contributed by atoms with van der Waals surface area (Å²) in [4.78, 5) is 25.4. The van der Waals surface area contributed by atoms with Crippen molar-refractivity contribution in [3.63, 3.8) is 0 Å². The van der Waals surface area contributed by atoms with Crippen LogP contribution in [-0.2, 0) is 14.3 Å². The van der Waals surface area contributed by atoms with E-state index in [1.807, 2.05) is 13.8 Å². The number of fused-ring (bicyclic) bond motifs is 1. The second-order valence-corrected chi connectivity index (χ2v) is 8.72. The smallest absolute Gasteiger partial charge is 0.227 e. The van der Waals surface area contributed by atoms with Crippen molar-refractivity contribution in [1.29, 1.82) is 0 Å². The molecule has 120 valence electrons. The van der Waals surface area contributed by atoms with Gasteiger partial charge < -0.3 is 4.74 Å². The molecule has 0 aromatic heterocycles. The van der Waals surface area contributed by atoms with Gasteiger partial charge in [-0.15, -0.1) is 0 Å². The number of rotatable bonds is 2. The van der Waals surface area contributed by atoms with Crippen molar-refractivity contribution in [3.05, 3.63) is 34.1 Å². The van der Waals surface area contributed by atoms with Crippen LogP contribution in [-0.4, -0.2) is 15.8 Å². The number of carbonyl (C=O) groups is 2. The maximum absolute atomic E-state index is 12.8. The number of hydrogen-bond donors (Lipinski definition) is 0. The molecule has 23 heavy (non-hydrogen) atoms. The molecule has 2 fully saturated rings. The van der Waals surface area contributed by atoms with Crippen molar-refractivity contribution in [1.82, 2.24) is 0 Å². The monoisotopic (exact) mass is 328 g/mol. The number of thioether (sulfide) groups is 1. The van der Waals surface area contributed by atoms with E-state index >= 15 is 0 Å². The highest BCUT2D eigenvalue weighted by atomic mass is 32.2. The van der Waals surface area contributed by atoms with Gasteiger partial charge in [-0.1, -0.05) is 0 Å². The second kappa shape index (κ2) is 4.02. The molecule has 0 saturated heterocycles. The molecule has 2 heterocycles. The van der Waals surface area contributed by atoms with Crippen LogP contribution < -0.4 is 0 Å². The highest BCUT2D eigenvalue weighted by molar-refractivity contribution is 8.27. The Morgan fingerprint density at radius 2 is 1.70 bits per heavy atom. The third-order valence-corrected chi connectivity index (χ3v) is 7.27. The van der Waals surface area contributed by atoms with E-state index in [0.29, 0.717) is 17.4 Å². The van der Waals surface area contributed by atoms with Gasteiger partial charge >= 0.3 is 0 Å². The Morgan fingerprint density at radius 3 is 2.26 bits per heavy atom. The zero-order valence-corrected chi connectivity index (χ0v) is 14.5. The fourth-order valence-electron chi connectivity index (χ4n) is 5.60. The van der Waals surface area contributed by atoms with E-state index < -0.39 is 5.60 Å². The third kappa shape index (κ3) is 1.45. The van der Waals surface area contributed by atoms with Gasteiger partial charge in [0.1, 0.15) is 5.60 Å². The average molecular weight is 328 g/mol. The molecule has 0 aromatic carbocycles. The number of hydrogen-bond acceptors (Lipinski definition) is 4. The van der Waals surface area contributed by atoms with E-state index in [-0.39, 0.29) is 15.6 Å². The lowest BCUT2D eigenvalue weighted by atomic mass is 9.54. The Bertz CT molecular complexity index is 764. The molecule has 0 aromatic rings.